The van der Waals surface area contributed by atoms with Crippen LogP contribution in [0, 0.1) is 45.6 Å². The third-order valence-corrected chi connectivity index (χ3v) is 17.8. The number of nitrogens with zero attached hydrogens (tertiary/aromatic N) is 3. The van der Waals surface area contributed by atoms with Crippen molar-refractivity contribution in [2.24, 2.45) is 40.7 Å². The van der Waals surface area contributed by atoms with E-state index in [0.717, 1.165) is 12.1 Å². The van der Waals surface area contributed by atoms with Crippen LogP contribution in [0.5, 0.6) is 0 Å². The van der Waals surface area contributed by atoms with Gasteiger partial charge in [0.15, 0.2) is 35.1 Å². The van der Waals surface area contributed by atoms with Crippen LogP contribution in [-0.4, -0.2) is 197 Å². The molecule has 0 saturated carbocycles. The number of esters is 1. The number of hydrogen-bond donors (Lipinski definition) is 4. The number of carbonyl (C=O) groups excluding carboxylic acids is 3. The van der Waals surface area contributed by atoms with Gasteiger partial charge in [0.05, 0.1) is 59.2 Å². The van der Waals surface area contributed by atoms with Gasteiger partial charge >= 0.3 is 12.1 Å². The van der Waals surface area contributed by atoms with E-state index in [1.165, 1.54) is 54.2 Å². The lowest BCUT2D eigenvalue weighted by molar-refractivity contribution is -0.387. The number of likely N-dealkylation sites (N-methyl/N-ethyl adjacent to an activating group) is 1. The standard InChI is InChI=1S/C56H93N5O20S/c1-29-22-30(2)50(64)56(13,81-54(66)58-55(11,12)28-57-82(69,70)41-21-19-18-20-40(41)61(67)68)25-31(3)46(80-52-44(63)39(59-73-17)24-34(6)76-52)36(8)47(78-42-23-33(5)60(14)26-35(7)75-42)37(9)51(65)79-45(29)32(4)27-74-53-49(72-16)48(71-15)43(62)38(10)77-53/h18-21,29-38,42-49,52-53,57,62-63H,22-28H2,1-17H3,(H,58,66)/t29-,30+,31-,32?,33-,34+,35-,36+,37+,38+,42-,43+,44+,45+,46-,47-,48+,49+,52-,53+,56-/m0/s1. The summed E-state index contributed by atoms with van der Waals surface area (Å²) in [5, 5.41) is 41.2. The molecule has 468 valence electrons. The first kappa shape index (κ1) is 68.7. The van der Waals surface area contributed by atoms with Gasteiger partial charge in [0.1, 0.15) is 37.6 Å². The molecule has 82 heavy (non-hydrogen) atoms. The SMILES string of the molecule is CON=C1C[C@@H](C)O[C@@H](O[C@@H]2[C@@H](C)[C@H](O[C@H]3C[C@H](C)N(C)C[C@H](C)O3)[C@@H](C)C(=O)O[C@@H](C(C)CO[C@@H]3O[C@H](C)[C@@H](O)[C@@H](OC)[C@H]3OC)[C@@H](C)C[C@@H](C)C(=O)[C@@](C)(OC(=O)NC(C)(C)CNS(=O)(=O)c3ccccc3[N+](=O)[O-])C[C@@H]2C)[C@@H]1O. The minimum absolute atomic E-state index is 0.00224. The molecule has 1 aromatic rings. The lowest BCUT2D eigenvalue weighted by Crippen LogP contribution is -2.59. The number of hydrogen-bond acceptors (Lipinski definition) is 22. The molecule has 0 aliphatic carbocycles. The maximum Gasteiger partial charge on any atom is 0.408 e. The number of Topliss-reactive ketones (excluding diaryl/α,β-unsaturated/α-hetero) is 1. The van der Waals surface area contributed by atoms with Gasteiger partial charge in [-0.1, -0.05) is 51.9 Å². The van der Waals surface area contributed by atoms with Crippen LogP contribution in [0.25, 0.3) is 0 Å². The molecule has 4 fully saturated rings. The number of nitro benzene ring substituents is 1. The van der Waals surface area contributed by atoms with Crippen molar-refractivity contribution in [3.05, 3.63) is 34.4 Å². The zero-order valence-electron chi connectivity index (χ0n) is 50.8. The van der Waals surface area contributed by atoms with E-state index in [-0.39, 0.29) is 43.7 Å². The van der Waals surface area contributed by atoms with E-state index in [1.54, 1.807) is 34.6 Å². The molecule has 4 saturated heterocycles. The highest BCUT2D eigenvalue weighted by molar-refractivity contribution is 7.89. The van der Waals surface area contributed by atoms with Crippen molar-refractivity contribution in [1.82, 2.24) is 14.9 Å². The van der Waals surface area contributed by atoms with Gasteiger partial charge in [-0.15, -0.1) is 0 Å². The van der Waals surface area contributed by atoms with Gasteiger partial charge in [-0.25, -0.2) is 17.9 Å². The number of oxime groups is 1. The number of cyclic esters (lactones) is 1. The van der Waals surface area contributed by atoms with Crippen molar-refractivity contribution in [2.45, 2.75) is 218 Å². The molecular formula is C56H93N5O20S. The Balaban J connectivity index is 1.60. The molecular weight excluding hydrogens is 1090 g/mol. The summed E-state index contributed by atoms with van der Waals surface area (Å²) >= 11 is 0. The number of nitrogens with one attached hydrogen (secondary N) is 2. The molecule has 4 N–H and O–H groups in total. The number of carbonyl (C=O) groups is 3. The monoisotopic (exact) mass is 1190 g/mol. The Morgan fingerprint density at radius 3 is 2.21 bits per heavy atom. The molecule has 0 aromatic heterocycles. The molecule has 4 heterocycles. The van der Waals surface area contributed by atoms with E-state index in [9.17, 15) is 33.5 Å². The fraction of sp³-hybridized carbons (Fsp3) is 0.821. The lowest BCUT2D eigenvalue weighted by atomic mass is 9.75. The second-order valence-corrected chi connectivity index (χ2v) is 25.9. The Labute approximate surface area is 483 Å². The van der Waals surface area contributed by atoms with Crippen LogP contribution in [0.15, 0.2) is 34.3 Å². The second kappa shape index (κ2) is 29.4. The zero-order valence-corrected chi connectivity index (χ0v) is 51.6. The van der Waals surface area contributed by atoms with Crippen LogP contribution in [0.3, 0.4) is 0 Å². The maximum atomic E-state index is 15.4. The van der Waals surface area contributed by atoms with Gasteiger partial charge in [0.2, 0.25) is 10.0 Å². The van der Waals surface area contributed by atoms with Crippen LogP contribution in [0.2, 0.25) is 0 Å². The summed E-state index contributed by atoms with van der Waals surface area (Å²) in [6.45, 7) is 22.8. The number of methoxy groups -OCH3 is 2. The first-order valence-electron chi connectivity index (χ1n) is 28.4. The molecule has 4 aliphatic heterocycles. The van der Waals surface area contributed by atoms with Gasteiger partial charge in [0, 0.05) is 70.0 Å². The zero-order chi connectivity index (χ0) is 61.3. The van der Waals surface area contributed by atoms with Gasteiger partial charge in [-0.3, -0.25) is 19.7 Å². The fourth-order valence-corrected chi connectivity index (χ4v) is 13.2. The summed E-state index contributed by atoms with van der Waals surface area (Å²) in [7, 11) is 1.77. The number of amides is 1. The van der Waals surface area contributed by atoms with E-state index in [2.05, 4.69) is 27.0 Å². The number of para-hydroxylation sites is 1. The Morgan fingerprint density at radius 2 is 1.57 bits per heavy atom. The van der Waals surface area contributed by atoms with E-state index in [0.29, 0.717) is 13.0 Å². The average molecular weight is 1190 g/mol. The van der Waals surface area contributed by atoms with Crippen LogP contribution < -0.4 is 10.0 Å². The van der Waals surface area contributed by atoms with Crippen LogP contribution in [0.4, 0.5) is 10.5 Å². The Morgan fingerprint density at radius 1 is 0.915 bits per heavy atom. The minimum Gasteiger partial charge on any atom is -0.461 e. The Hall–Kier alpha value is -4.03. The quantitative estimate of drug-likeness (QED) is 0.0843. The summed E-state index contributed by atoms with van der Waals surface area (Å²) in [6.07, 6.45) is -12.3. The Bertz CT molecular complexity index is 2440. The highest BCUT2D eigenvalue weighted by Crippen LogP contribution is 2.40. The molecule has 0 spiro atoms. The van der Waals surface area contributed by atoms with E-state index < -0.39 is 170 Å². The summed E-state index contributed by atoms with van der Waals surface area (Å²) in [6, 6.07) is 4.84. The number of nitro groups is 1. The molecule has 1 aromatic carbocycles. The lowest BCUT2D eigenvalue weighted by Gasteiger charge is -2.44. The minimum atomic E-state index is -4.48. The number of aliphatic hydroxyl groups excluding tert-OH is 2. The third-order valence-electron chi connectivity index (χ3n) is 16.4. The largest absolute Gasteiger partial charge is 0.461 e. The first-order chi connectivity index (χ1) is 38.3. The number of sulfonamides is 1. The summed E-state index contributed by atoms with van der Waals surface area (Å²) < 4.78 is 92.7. The van der Waals surface area contributed by atoms with Crippen molar-refractivity contribution in [2.75, 3.05) is 48.1 Å². The van der Waals surface area contributed by atoms with Crippen LogP contribution in [0.1, 0.15) is 116 Å². The van der Waals surface area contributed by atoms with Crippen molar-refractivity contribution in [3.63, 3.8) is 0 Å². The third kappa shape index (κ3) is 17.3. The molecule has 0 bridgehead atoms. The molecule has 26 heteroatoms. The molecule has 5 rings (SSSR count). The second-order valence-electron chi connectivity index (χ2n) is 24.1. The molecule has 0 radical (unpaired) electrons. The first-order valence-corrected chi connectivity index (χ1v) is 29.9. The molecule has 4 aliphatic rings. The number of aliphatic hydroxyl groups is 2. The predicted octanol–water partition coefficient (Wildman–Crippen LogP) is 5.10. The maximum absolute atomic E-state index is 15.4. The van der Waals surface area contributed by atoms with Crippen molar-refractivity contribution < 1.29 is 90.1 Å². The number of alkyl carbamates (subject to hydrolysis) is 1. The average Bonchev–Trinajstić information content (AvgIpc) is 3.63. The van der Waals surface area contributed by atoms with E-state index in [4.69, 9.17) is 52.2 Å². The highest BCUT2D eigenvalue weighted by atomic mass is 32.2. The van der Waals surface area contributed by atoms with Gasteiger partial charge in [0.25, 0.3) is 5.69 Å². The number of benzene rings is 1. The van der Waals surface area contributed by atoms with E-state index >= 15 is 9.59 Å². The molecule has 25 nitrogen and oxygen atoms in total. The van der Waals surface area contributed by atoms with Gasteiger partial charge in [-0.05, 0) is 93.2 Å². The van der Waals surface area contributed by atoms with Crippen molar-refractivity contribution in [1.29, 1.82) is 0 Å². The smallest absolute Gasteiger partial charge is 0.408 e. The normalized spacial score (nSPS) is 37.9. The van der Waals surface area contributed by atoms with Gasteiger partial charge < -0.3 is 72.6 Å². The molecule has 1 amide bonds. The Kier molecular flexibility index (Phi) is 24.6. The topological polar surface area (TPSA) is 310 Å². The molecule has 21 atom stereocenters. The number of ether oxygens (including phenoxy) is 10. The fourth-order valence-electron chi connectivity index (χ4n) is 11.8. The van der Waals surface area contributed by atoms with Gasteiger partial charge in [-0.2, -0.15) is 0 Å². The van der Waals surface area contributed by atoms with Crippen LogP contribution in [-0.2, 0) is 71.8 Å². The summed E-state index contributed by atoms with van der Waals surface area (Å²) in [4.78, 5) is 62.6. The number of rotatable bonds is 18. The predicted molar refractivity (Wildman–Crippen MR) is 298 cm³/mol. The highest BCUT2D eigenvalue weighted by Gasteiger charge is 2.51. The summed E-state index contributed by atoms with van der Waals surface area (Å²) in [5.74, 6) is -5.76. The van der Waals surface area contributed by atoms with Crippen molar-refractivity contribution >= 4 is 39.3 Å². The summed E-state index contributed by atoms with van der Waals surface area (Å²) in [5.41, 5.74) is -3.77. The van der Waals surface area contributed by atoms with Crippen LogP contribution >= 0.6 is 0 Å². The number of ketones is 1. The van der Waals surface area contributed by atoms with Crippen molar-refractivity contribution in [3.8, 4) is 0 Å². The van der Waals surface area contributed by atoms with E-state index in [1.807, 2.05) is 34.7 Å². The molecule has 1 unspecified atom stereocenters.